The molecule has 2 aliphatic carbocycles. The van der Waals surface area contributed by atoms with Crippen LogP contribution < -0.4 is 5.32 Å². The fourth-order valence-corrected chi connectivity index (χ4v) is 4.43. The van der Waals surface area contributed by atoms with Gasteiger partial charge in [-0.25, -0.2) is 4.39 Å². The minimum Gasteiger partial charge on any atom is -0.319 e. The Morgan fingerprint density at radius 1 is 1.33 bits per heavy atom. The second kappa shape index (κ2) is 4.65. The van der Waals surface area contributed by atoms with Crippen molar-refractivity contribution in [1.29, 1.82) is 0 Å². The third kappa shape index (κ3) is 1.97. The quantitative estimate of drug-likeness (QED) is 0.860. The second-order valence-electron chi connectivity index (χ2n) is 6.24. The molecule has 0 spiro atoms. The van der Waals surface area contributed by atoms with Gasteiger partial charge in [0.25, 0.3) is 0 Å². The summed E-state index contributed by atoms with van der Waals surface area (Å²) in [5.41, 5.74) is 1.21. The largest absolute Gasteiger partial charge is 0.319 e. The number of halogens is 1. The lowest BCUT2D eigenvalue weighted by Crippen LogP contribution is -2.39. The van der Waals surface area contributed by atoms with Gasteiger partial charge in [0.15, 0.2) is 0 Å². The zero-order chi connectivity index (χ0) is 12.6. The van der Waals surface area contributed by atoms with E-state index in [-0.39, 0.29) is 5.82 Å². The van der Waals surface area contributed by atoms with Crippen LogP contribution in [0.5, 0.6) is 0 Å². The zero-order valence-electron chi connectivity index (χ0n) is 11.1. The summed E-state index contributed by atoms with van der Waals surface area (Å²) in [6, 6.07) is 7.29. The standard InChI is InChI=1S/C16H22FN/c1-18-11-16(9-12-6-7-14(16)8-12)10-13-4-2-3-5-15(13)17/h2-5,12,14,18H,6-11H2,1H3. The highest BCUT2D eigenvalue weighted by atomic mass is 19.1. The summed E-state index contributed by atoms with van der Waals surface area (Å²) in [5, 5.41) is 3.35. The summed E-state index contributed by atoms with van der Waals surface area (Å²) in [7, 11) is 2.02. The molecule has 2 heteroatoms. The minimum absolute atomic E-state index is 0.0317. The van der Waals surface area contributed by atoms with E-state index in [9.17, 15) is 4.39 Å². The van der Waals surface area contributed by atoms with E-state index in [1.165, 1.54) is 25.7 Å². The molecule has 0 aromatic heterocycles. The molecule has 1 nitrogen and oxygen atoms in total. The molecule has 0 aliphatic heterocycles. The number of hydrogen-bond acceptors (Lipinski definition) is 1. The Kier molecular flexibility index (Phi) is 3.14. The smallest absolute Gasteiger partial charge is 0.126 e. The van der Waals surface area contributed by atoms with Crippen molar-refractivity contribution >= 4 is 0 Å². The summed E-state index contributed by atoms with van der Waals surface area (Å²) in [6.07, 6.45) is 6.30. The molecule has 18 heavy (non-hydrogen) atoms. The van der Waals surface area contributed by atoms with Crippen LogP contribution in [0.1, 0.15) is 31.2 Å². The highest BCUT2D eigenvalue weighted by Crippen LogP contribution is 2.57. The average molecular weight is 247 g/mol. The summed E-state index contributed by atoms with van der Waals surface area (Å²) < 4.78 is 13.9. The first kappa shape index (κ1) is 12.2. The van der Waals surface area contributed by atoms with Crippen molar-refractivity contribution in [2.45, 2.75) is 32.1 Å². The van der Waals surface area contributed by atoms with Crippen molar-refractivity contribution in [2.75, 3.05) is 13.6 Å². The van der Waals surface area contributed by atoms with Gasteiger partial charge in [-0.15, -0.1) is 0 Å². The molecule has 3 unspecified atom stereocenters. The van der Waals surface area contributed by atoms with Crippen LogP contribution in [0.3, 0.4) is 0 Å². The lowest BCUT2D eigenvalue weighted by atomic mass is 9.69. The summed E-state index contributed by atoms with van der Waals surface area (Å²) in [6.45, 7) is 1.03. The van der Waals surface area contributed by atoms with Crippen LogP contribution in [-0.2, 0) is 6.42 Å². The Hall–Kier alpha value is -0.890. The molecule has 2 bridgehead atoms. The van der Waals surface area contributed by atoms with Crippen LogP contribution in [0, 0.1) is 23.1 Å². The number of fused-ring (bicyclic) bond motifs is 2. The van der Waals surface area contributed by atoms with E-state index in [2.05, 4.69) is 5.32 Å². The minimum atomic E-state index is -0.0317. The maximum absolute atomic E-state index is 13.9. The molecule has 2 aliphatic rings. The predicted molar refractivity (Wildman–Crippen MR) is 71.9 cm³/mol. The van der Waals surface area contributed by atoms with Gasteiger partial charge in [-0.1, -0.05) is 24.6 Å². The molecule has 1 aromatic rings. The Morgan fingerprint density at radius 3 is 2.78 bits per heavy atom. The SMILES string of the molecule is CNCC1(Cc2ccccc2F)CC2CCC1C2. The van der Waals surface area contributed by atoms with Crippen molar-refractivity contribution in [3.8, 4) is 0 Å². The van der Waals surface area contributed by atoms with Gasteiger partial charge in [-0.2, -0.15) is 0 Å². The lowest BCUT2D eigenvalue weighted by Gasteiger charge is -2.38. The number of hydrogen-bond donors (Lipinski definition) is 1. The predicted octanol–water partition coefficient (Wildman–Crippen LogP) is 3.39. The Balaban J connectivity index is 1.85. The number of benzene rings is 1. The van der Waals surface area contributed by atoms with E-state index in [1.807, 2.05) is 19.2 Å². The maximum Gasteiger partial charge on any atom is 0.126 e. The number of rotatable bonds is 4. The molecule has 98 valence electrons. The topological polar surface area (TPSA) is 12.0 Å². The molecular weight excluding hydrogens is 225 g/mol. The third-order valence-electron chi connectivity index (χ3n) is 5.13. The molecule has 3 atom stereocenters. The first-order valence-corrected chi connectivity index (χ1v) is 7.11. The molecule has 3 rings (SSSR count). The van der Waals surface area contributed by atoms with Crippen LogP contribution in [-0.4, -0.2) is 13.6 Å². The summed E-state index contributed by atoms with van der Waals surface area (Å²) in [5.74, 6) is 1.67. The summed E-state index contributed by atoms with van der Waals surface area (Å²) in [4.78, 5) is 0. The highest BCUT2D eigenvalue weighted by Gasteiger charge is 2.50. The first-order chi connectivity index (χ1) is 8.73. The van der Waals surface area contributed by atoms with Gasteiger partial charge in [0.2, 0.25) is 0 Å². The monoisotopic (exact) mass is 247 g/mol. The van der Waals surface area contributed by atoms with Crippen molar-refractivity contribution in [2.24, 2.45) is 17.3 Å². The van der Waals surface area contributed by atoms with Gasteiger partial charge in [-0.05, 0) is 61.6 Å². The van der Waals surface area contributed by atoms with E-state index in [0.717, 1.165) is 30.4 Å². The molecule has 0 saturated heterocycles. The van der Waals surface area contributed by atoms with E-state index < -0.39 is 0 Å². The summed E-state index contributed by atoms with van der Waals surface area (Å²) >= 11 is 0. The second-order valence-corrected chi connectivity index (χ2v) is 6.24. The van der Waals surface area contributed by atoms with Gasteiger partial charge in [0.05, 0.1) is 0 Å². The van der Waals surface area contributed by atoms with Crippen LogP contribution in [0.4, 0.5) is 4.39 Å². The molecule has 1 N–H and O–H groups in total. The Labute approximate surface area is 109 Å². The van der Waals surface area contributed by atoms with Gasteiger partial charge >= 0.3 is 0 Å². The normalized spacial score (nSPS) is 34.1. The van der Waals surface area contributed by atoms with Crippen LogP contribution >= 0.6 is 0 Å². The fraction of sp³-hybridized carbons (Fsp3) is 0.625. The van der Waals surface area contributed by atoms with E-state index in [4.69, 9.17) is 0 Å². The molecule has 0 radical (unpaired) electrons. The molecule has 2 saturated carbocycles. The fourth-order valence-electron chi connectivity index (χ4n) is 4.43. The molecule has 1 aromatic carbocycles. The van der Waals surface area contributed by atoms with Crippen LogP contribution in [0.2, 0.25) is 0 Å². The maximum atomic E-state index is 13.9. The van der Waals surface area contributed by atoms with Crippen molar-refractivity contribution in [3.63, 3.8) is 0 Å². The Bertz CT molecular complexity index is 431. The first-order valence-electron chi connectivity index (χ1n) is 7.11. The van der Waals surface area contributed by atoms with E-state index >= 15 is 0 Å². The van der Waals surface area contributed by atoms with E-state index in [1.54, 1.807) is 12.1 Å². The van der Waals surface area contributed by atoms with Crippen molar-refractivity contribution in [3.05, 3.63) is 35.6 Å². The van der Waals surface area contributed by atoms with Crippen LogP contribution in [0.15, 0.2) is 24.3 Å². The molecule has 2 fully saturated rings. The van der Waals surface area contributed by atoms with Gasteiger partial charge in [0.1, 0.15) is 5.82 Å². The van der Waals surface area contributed by atoms with Gasteiger partial charge in [-0.3, -0.25) is 0 Å². The highest BCUT2D eigenvalue weighted by molar-refractivity contribution is 5.21. The molecular formula is C16H22FN. The number of nitrogens with one attached hydrogen (secondary N) is 1. The van der Waals surface area contributed by atoms with Gasteiger partial charge in [0, 0.05) is 6.54 Å². The van der Waals surface area contributed by atoms with Crippen molar-refractivity contribution in [1.82, 2.24) is 5.32 Å². The zero-order valence-corrected chi connectivity index (χ0v) is 11.1. The average Bonchev–Trinajstić information content (AvgIpc) is 2.93. The molecule has 0 amide bonds. The molecule has 0 heterocycles. The van der Waals surface area contributed by atoms with Crippen molar-refractivity contribution < 1.29 is 4.39 Å². The van der Waals surface area contributed by atoms with Crippen LogP contribution in [0.25, 0.3) is 0 Å². The van der Waals surface area contributed by atoms with E-state index in [0.29, 0.717) is 5.41 Å². The third-order valence-corrected chi connectivity index (χ3v) is 5.13. The lowest BCUT2D eigenvalue weighted by molar-refractivity contribution is 0.158. The Morgan fingerprint density at radius 2 is 2.17 bits per heavy atom. The van der Waals surface area contributed by atoms with Gasteiger partial charge < -0.3 is 5.32 Å².